The van der Waals surface area contributed by atoms with Gasteiger partial charge in [-0.2, -0.15) is 0 Å². The Kier molecular flexibility index (Phi) is 6.71. The third-order valence-corrected chi connectivity index (χ3v) is 3.92. The van der Waals surface area contributed by atoms with Crippen molar-refractivity contribution in [1.29, 1.82) is 0 Å². The minimum atomic E-state index is -0.469. The molecule has 25 heavy (non-hydrogen) atoms. The quantitative estimate of drug-likeness (QED) is 0.670. The van der Waals surface area contributed by atoms with Crippen LogP contribution in [-0.4, -0.2) is 17.7 Å². The Hall–Kier alpha value is -2.67. The molecule has 7 heteroatoms. The normalized spacial score (nSPS) is 11.3. The average Bonchev–Trinajstić information content (AvgIpc) is 2.60. The van der Waals surface area contributed by atoms with E-state index in [0.717, 1.165) is 10.0 Å². The molecule has 0 heterocycles. The van der Waals surface area contributed by atoms with Gasteiger partial charge in [0.15, 0.2) is 0 Å². The molecule has 0 fully saturated rings. The van der Waals surface area contributed by atoms with Crippen molar-refractivity contribution in [3.8, 4) is 0 Å². The van der Waals surface area contributed by atoms with Crippen molar-refractivity contribution in [1.82, 2.24) is 16.2 Å². The zero-order chi connectivity index (χ0) is 18.2. The fourth-order valence-electron chi connectivity index (χ4n) is 2.22. The van der Waals surface area contributed by atoms with Crippen LogP contribution in [0.4, 0.5) is 0 Å². The molecule has 0 saturated heterocycles. The number of amides is 3. The Balaban J connectivity index is 1.93. The second-order valence-electron chi connectivity index (χ2n) is 5.38. The summed E-state index contributed by atoms with van der Waals surface area (Å²) in [6.07, 6.45) is 0.00418. The summed E-state index contributed by atoms with van der Waals surface area (Å²) in [6.45, 7) is 1.39. The molecule has 1 unspecified atom stereocenters. The number of nitrogens with one attached hydrogen (secondary N) is 3. The van der Waals surface area contributed by atoms with Gasteiger partial charge in [0.25, 0.3) is 5.91 Å². The monoisotopic (exact) mass is 403 g/mol. The topological polar surface area (TPSA) is 87.3 Å². The zero-order valence-electron chi connectivity index (χ0n) is 13.6. The van der Waals surface area contributed by atoms with Crippen LogP contribution in [-0.2, 0) is 9.59 Å². The van der Waals surface area contributed by atoms with Gasteiger partial charge >= 0.3 is 0 Å². The van der Waals surface area contributed by atoms with Gasteiger partial charge in [-0.25, -0.2) is 0 Å². The number of carbonyl (C=O) groups excluding carboxylic acids is 3. The first kappa shape index (κ1) is 18.7. The van der Waals surface area contributed by atoms with Crippen molar-refractivity contribution in [2.45, 2.75) is 19.4 Å². The van der Waals surface area contributed by atoms with Crippen molar-refractivity contribution in [3.63, 3.8) is 0 Å². The molecule has 130 valence electrons. The van der Waals surface area contributed by atoms with Crippen LogP contribution in [0.5, 0.6) is 0 Å². The minimum absolute atomic E-state index is 0.00418. The number of rotatable bonds is 5. The number of hydrogen-bond donors (Lipinski definition) is 3. The highest BCUT2D eigenvalue weighted by atomic mass is 79.9. The first-order valence-electron chi connectivity index (χ1n) is 7.62. The molecule has 0 aliphatic heterocycles. The lowest BCUT2D eigenvalue weighted by atomic mass is 10.0. The van der Waals surface area contributed by atoms with Gasteiger partial charge in [0.2, 0.25) is 11.8 Å². The highest BCUT2D eigenvalue weighted by Crippen LogP contribution is 2.16. The Bertz CT molecular complexity index is 748. The number of hydrazine groups is 1. The van der Waals surface area contributed by atoms with Crippen molar-refractivity contribution in [2.24, 2.45) is 0 Å². The Morgan fingerprint density at radius 1 is 0.960 bits per heavy atom. The molecule has 0 aliphatic carbocycles. The molecule has 3 amide bonds. The van der Waals surface area contributed by atoms with Gasteiger partial charge in [-0.1, -0.05) is 46.3 Å². The zero-order valence-corrected chi connectivity index (χ0v) is 15.2. The first-order valence-corrected chi connectivity index (χ1v) is 8.42. The Labute approximate surface area is 154 Å². The van der Waals surface area contributed by atoms with Gasteiger partial charge in [-0.05, 0) is 29.8 Å². The Morgan fingerprint density at radius 2 is 1.60 bits per heavy atom. The molecule has 0 bridgehead atoms. The van der Waals surface area contributed by atoms with Gasteiger partial charge in [0.1, 0.15) is 0 Å². The standard InChI is InChI=1S/C18H18BrN3O3/c1-12(23)20-16(13-5-3-2-4-6-13)11-17(24)21-22-18(25)14-7-9-15(19)10-8-14/h2-10,16H,11H2,1H3,(H,20,23)(H,21,24)(H,22,25). The van der Waals surface area contributed by atoms with Gasteiger partial charge in [-0.15, -0.1) is 0 Å². The predicted octanol–water partition coefficient (Wildman–Crippen LogP) is 2.48. The van der Waals surface area contributed by atoms with E-state index in [1.807, 2.05) is 30.3 Å². The summed E-state index contributed by atoms with van der Waals surface area (Å²) in [6, 6.07) is 15.4. The van der Waals surface area contributed by atoms with Crippen LogP contribution < -0.4 is 16.2 Å². The summed E-state index contributed by atoms with van der Waals surface area (Å²) in [5.74, 6) is -1.06. The average molecular weight is 404 g/mol. The van der Waals surface area contributed by atoms with Crippen LogP contribution in [0.25, 0.3) is 0 Å². The molecule has 0 spiro atoms. The molecule has 0 saturated carbocycles. The van der Waals surface area contributed by atoms with Gasteiger partial charge in [0.05, 0.1) is 12.5 Å². The largest absolute Gasteiger partial charge is 0.349 e. The molecule has 1 atom stereocenters. The highest BCUT2D eigenvalue weighted by Gasteiger charge is 2.17. The van der Waals surface area contributed by atoms with E-state index in [2.05, 4.69) is 32.1 Å². The number of benzene rings is 2. The van der Waals surface area contributed by atoms with E-state index in [1.165, 1.54) is 6.92 Å². The summed E-state index contributed by atoms with van der Waals surface area (Å²) >= 11 is 3.29. The fourth-order valence-corrected chi connectivity index (χ4v) is 2.48. The summed E-state index contributed by atoms with van der Waals surface area (Å²) in [7, 11) is 0. The number of halogens is 1. The van der Waals surface area contributed by atoms with E-state index >= 15 is 0 Å². The van der Waals surface area contributed by atoms with Crippen LogP contribution in [0.3, 0.4) is 0 Å². The van der Waals surface area contributed by atoms with Crippen LogP contribution in [0.2, 0.25) is 0 Å². The summed E-state index contributed by atoms with van der Waals surface area (Å²) < 4.78 is 0.856. The van der Waals surface area contributed by atoms with Crippen LogP contribution in [0, 0.1) is 0 Å². The van der Waals surface area contributed by atoms with Crippen molar-refractivity contribution in [3.05, 3.63) is 70.2 Å². The van der Waals surface area contributed by atoms with Gasteiger partial charge in [0, 0.05) is 17.0 Å². The Morgan fingerprint density at radius 3 is 2.20 bits per heavy atom. The molecule has 0 aliphatic rings. The highest BCUT2D eigenvalue weighted by molar-refractivity contribution is 9.10. The third kappa shape index (κ3) is 6.04. The summed E-state index contributed by atoms with van der Waals surface area (Å²) in [5, 5.41) is 2.73. The predicted molar refractivity (Wildman–Crippen MR) is 97.4 cm³/mol. The third-order valence-electron chi connectivity index (χ3n) is 3.39. The second kappa shape index (κ2) is 8.98. The lowest BCUT2D eigenvalue weighted by molar-refractivity contribution is -0.123. The molecule has 0 aromatic heterocycles. The summed E-state index contributed by atoms with van der Waals surface area (Å²) in [5.41, 5.74) is 5.96. The van der Waals surface area contributed by atoms with Gasteiger partial charge < -0.3 is 5.32 Å². The molecule has 2 rings (SSSR count). The maximum absolute atomic E-state index is 12.1. The second-order valence-corrected chi connectivity index (χ2v) is 6.29. The van der Waals surface area contributed by atoms with Crippen molar-refractivity contribution in [2.75, 3.05) is 0 Å². The van der Waals surface area contributed by atoms with Crippen LogP contribution in [0.15, 0.2) is 59.1 Å². The van der Waals surface area contributed by atoms with E-state index in [9.17, 15) is 14.4 Å². The summed E-state index contributed by atoms with van der Waals surface area (Å²) in [4.78, 5) is 35.5. The van der Waals surface area contributed by atoms with Crippen molar-refractivity contribution < 1.29 is 14.4 Å². The molecular formula is C18H18BrN3O3. The first-order chi connectivity index (χ1) is 12.0. The SMILES string of the molecule is CC(=O)NC(CC(=O)NNC(=O)c1ccc(Br)cc1)c1ccccc1. The van der Waals surface area contributed by atoms with E-state index in [4.69, 9.17) is 0 Å². The smallest absolute Gasteiger partial charge is 0.269 e. The fraction of sp³-hybridized carbons (Fsp3) is 0.167. The van der Waals surface area contributed by atoms with Crippen LogP contribution >= 0.6 is 15.9 Å². The molecular weight excluding hydrogens is 386 g/mol. The maximum atomic E-state index is 12.1. The van der Waals surface area contributed by atoms with Crippen LogP contribution in [0.1, 0.15) is 35.3 Å². The molecule has 6 nitrogen and oxygen atoms in total. The van der Waals surface area contributed by atoms with E-state index < -0.39 is 17.9 Å². The minimum Gasteiger partial charge on any atom is -0.349 e. The van der Waals surface area contributed by atoms with Crippen molar-refractivity contribution >= 4 is 33.7 Å². The lowest BCUT2D eigenvalue weighted by Gasteiger charge is -2.18. The van der Waals surface area contributed by atoms with E-state index in [0.29, 0.717) is 5.56 Å². The molecule has 0 radical (unpaired) electrons. The van der Waals surface area contributed by atoms with E-state index in [-0.39, 0.29) is 12.3 Å². The number of carbonyl (C=O) groups is 3. The van der Waals surface area contributed by atoms with E-state index in [1.54, 1.807) is 24.3 Å². The number of hydrogen-bond acceptors (Lipinski definition) is 3. The maximum Gasteiger partial charge on any atom is 0.269 e. The molecule has 2 aromatic rings. The molecule has 3 N–H and O–H groups in total. The molecule has 2 aromatic carbocycles. The van der Waals surface area contributed by atoms with Gasteiger partial charge in [-0.3, -0.25) is 25.2 Å². The lowest BCUT2D eigenvalue weighted by Crippen LogP contribution is -2.43.